The van der Waals surface area contributed by atoms with Crippen molar-refractivity contribution in [3.63, 3.8) is 0 Å². The summed E-state index contributed by atoms with van der Waals surface area (Å²) in [5.41, 5.74) is 4.53. The van der Waals surface area contributed by atoms with Gasteiger partial charge in [0.2, 0.25) is 0 Å². The van der Waals surface area contributed by atoms with Crippen LogP contribution in [0.4, 0.5) is 0 Å². The monoisotopic (exact) mass is 520 g/mol. The Bertz CT molecular complexity index is 1100. The molecule has 0 bridgehead atoms. The van der Waals surface area contributed by atoms with Crippen LogP contribution in [0.2, 0.25) is 0 Å². The number of hydrogen-bond acceptors (Lipinski definition) is 5. The quantitative estimate of drug-likeness (QED) is 0.212. The zero-order chi connectivity index (χ0) is 26.7. The molecule has 0 radical (unpaired) electrons. The smallest absolute Gasteiger partial charge is 0.303 e. The van der Waals surface area contributed by atoms with Crippen LogP contribution < -0.4 is 5.32 Å². The molecule has 6 heteroatoms. The fourth-order valence-electron chi connectivity index (χ4n) is 4.40. The van der Waals surface area contributed by atoms with Gasteiger partial charge in [-0.25, -0.2) is 4.31 Å². The number of aryl methyl sites for hydroxylation is 2. The lowest BCUT2D eigenvalue weighted by molar-refractivity contribution is -0.136. The summed E-state index contributed by atoms with van der Waals surface area (Å²) in [7, 11) is 1.99. The van der Waals surface area contributed by atoms with Gasteiger partial charge in [-0.05, 0) is 92.9 Å². The molecule has 3 N–H and O–H groups in total. The van der Waals surface area contributed by atoms with Gasteiger partial charge in [0.15, 0.2) is 0 Å². The Morgan fingerprint density at radius 1 is 0.973 bits per heavy atom. The topological polar surface area (TPSA) is 72.8 Å². The van der Waals surface area contributed by atoms with E-state index in [1.54, 1.807) is 11.9 Å². The molecule has 3 aromatic carbocycles. The van der Waals surface area contributed by atoms with Gasteiger partial charge in [0.1, 0.15) is 0 Å². The van der Waals surface area contributed by atoms with Crippen LogP contribution in [0.5, 0.6) is 0 Å². The van der Waals surface area contributed by atoms with Crippen molar-refractivity contribution < 1.29 is 15.0 Å². The highest BCUT2D eigenvalue weighted by Crippen LogP contribution is 2.28. The first kappa shape index (κ1) is 28.9. The molecule has 0 fully saturated rings. The highest BCUT2D eigenvalue weighted by atomic mass is 32.2. The molecule has 1 atom stereocenters. The molecule has 3 aromatic rings. The number of aliphatic carboxylic acids is 1. The molecule has 37 heavy (non-hydrogen) atoms. The van der Waals surface area contributed by atoms with Crippen molar-refractivity contribution in [2.45, 2.75) is 62.5 Å². The highest BCUT2D eigenvalue weighted by Gasteiger charge is 2.19. The van der Waals surface area contributed by atoms with Gasteiger partial charge in [0, 0.05) is 29.9 Å². The Balaban J connectivity index is 1.43. The molecule has 0 heterocycles. The van der Waals surface area contributed by atoms with Crippen LogP contribution in [0.1, 0.15) is 44.2 Å². The number of rotatable bonds is 15. The molecule has 0 saturated carbocycles. The molecular weight excluding hydrogens is 480 g/mol. The number of carboxylic acids is 1. The minimum Gasteiger partial charge on any atom is -0.481 e. The first-order valence-electron chi connectivity index (χ1n) is 13.0. The maximum atomic E-state index is 11.0. The second kappa shape index (κ2) is 14.3. The van der Waals surface area contributed by atoms with Crippen molar-refractivity contribution in [3.8, 4) is 11.1 Å². The summed E-state index contributed by atoms with van der Waals surface area (Å²) in [6, 6.07) is 26.8. The third kappa shape index (κ3) is 10.3. The summed E-state index contributed by atoms with van der Waals surface area (Å²) < 4.78 is 2.06. The summed E-state index contributed by atoms with van der Waals surface area (Å²) in [6.07, 6.45) is 3.39. The molecule has 0 aromatic heterocycles. The lowest BCUT2D eigenvalue weighted by Gasteiger charge is -2.29. The van der Waals surface area contributed by atoms with E-state index in [0.29, 0.717) is 19.5 Å². The summed E-state index contributed by atoms with van der Waals surface area (Å²) in [4.78, 5) is 12.1. The van der Waals surface area contributed by atoms with Crippen LogP contribution in [-0.4, -0.2) is 52.3 Å². The Hall–Kier alpha value is -2.64. The number of carboxylic acid groups (broad SMARTS) is 1. The molecular formula is C31H40N2O3S. The van der Waals surface area contributed by atoms with E-state index < -0.39 is 12.1 Å². The Labute approximate surface area is 226 Å². The van der Waals surface area contributed by atoms with E-state index in [4.69, 9.17) is 5.11 Å². The van der Waals surface area contributed by atoms with E-state index in [-0.39, 0.29) is 12.0 Å². The number of nitrogens with one attached hydrogen (secondary N) is 1. The van der Waals surface area contributed by atoms with Gasteiger partial charge in [-0.1, -0.05) is 66.7 Å². The normalized spacial score (nSPS) is 12.6. The summed E-state index contributed by atoms with van der Waals surface area (Å²) in [6.45, 7) is 5.50. The first-order valence-corrected chi connectivity index (χ1v) is 13.8. The second-order valence-electron chi connectivity index (χ2n) is 10.2. The minimum atomic E-state index is -0.784. The van der Waals surface area contributed by atoms with Gasteiger partial charge in [0.05, 0.1) is 6.10 Å². The molecule has 3 rings (SSSR count). The van der Waals surface area contributed by atoms with Crippen molar-refractivity contribution in [1.29, 1.82) is 0 Å². The number of carbonyl (C=O) groups is 1. The fourth-order valence-corrected chi connectivity index (χ4v) is 5.26. The van der Waals surface area contributed by atoms with Gasteiger partial charge in [-0.15, -0.1) is 0 Å². The van der Waals surface area contributed by atoms with Gasteiger partial charge in [0.25, 0.3) is 0 Å². The van der Waals surface area contributed by atoms with E-state index in [2.05, 4.69) is 72.0 Å². The molecule has 0 aliphatic heterocycles. The average molecular weight is 521 g/mol. The summed E-state index contributed by atoms with van der Waals surface area (Å²) in [5.74, 6) is -0.784. The molecule has 0 aliphatic carbocycles. The van der Waals surface area contributed by atoms with Crippen molar-refractivity contribution in [2.75, 3.05) is 20.1 Å². The standard InChI is InChI=1S/C31H40N2O3S/c1-31(2,21-9-12-24-10-5-4-6-11-24)32-22-27(34)23-33(3)37-28-18-15-26(16-19-28)29-14-8-7-13-25(29)17-20-30(35)36/h4-8,10-11,13-16,18-19,27,32,34H,9,12,17,20-23H2,1-3H3,(H,35,36). The zero-order valence-corrected chi connectivity index (χ0v) is 23.0. The van der Waals surface area contributed by atoms with E-state index in [1.807, 2.05) is 37.4 Å². The number of aliphatic hydroxyl groups excluding tert-OH is 1. The van der Waals surface area contributed by atoms with Crippen molar-refractivity contribution in [3.05, 3.63) is 90.0 Å². The third-order valence-electron chi connectivity index (χ3n) is 6.45. The lowest BCUT2D eigenvalue weighted by Crippen LogP contribution is -2.45. The number of nitrogens with zero attached hydrogens (tertiary/aromatic N) is 1. The van der Waals surface area contributed by atoms with Crippen LogP contribution in [-0.2, 0) is 17.6 Å². The highest BCUT2D eigenvalue weighted by molar-refractivity contribution is 7.97. The molecule has 1 unspecified atom stereocenters. The Morgan fingerprint density at radius 2 is 1.65 bits per heavy atom. The fraction of sp³-hybridized carbons (Fsp3) is 0.387. The molecule has 0 amide bonds. The van der Waals surface area contributed by atoms with Gasteiger partial charge >= 0.3 is 5.97 Å². The number of hydrogen-bond donors (Lipinski definition) is 3. The van der Waals surface area contributed by atoms with Crippen LogP contribution in [0.3, 0.4) is 0 Å². The van der Waals surface area contributed by atoms with E-state index in [9.17, 15) is 9.90 Å². The average Bonchev–Trinajstić information content (AvgIpc) is 2.87. The third-order valence-corrected chi connectivity index (χ3v) is 7.39. The summed E-state index contributed by atoms with van der Waals surface area (Å²) in [5, 5.41) is 23.2. The number of benzene rings is 3. The number of likely N-dealkylation sites (N-methyl/N-ethyl adjacent to an activating group) is 1. The predicted molar refractivity (Wildman–Crippen MR) is 154 cm³/mol. The van der Waals surface area contributed by atoms with Gasteiger partial charge in [-0.3, -0.25) is 4.79 Å². The predicted octanol–water partition coefficient (Wildman–Crippen LogP) is 6.06. The maximum Gasteiger partial charge on any atom is 0.303 e. The van der Waals surface area contributed by atoms with Crippen LogP contribution in [0.25, 0.3) is 11.1 Å². The molecule has 5 nitrogen and oxygen atoms in total. The minimum absolute atomic E-state index is 0.0297. The van der Waals surface area contributed by atoms with Crippen molar-refractivity contribution in [2.24, 2.45) is 0 Å². The van der Waals surface area contributed by atoms with E-state index in [1.165, 1.54) is 5.56 Å². The van der Waals surface area contributed by atoms with E-state index in [0.717, 1.165) is 40.8 Å². The van der Waals surface area contributed by atoms with Crippen molar-refractivity contribution in [1.82, 2.24) is 9.62 Å². The Kier molecular flexibility index (Phi) is 11.2. The van der Waals surface area contributed by atoms with Crippen LogP contribution >= 0.6 is 11.9 Å². The van der Waals surface area contributed by atoms with Crippen molar-refractivity contribution >= 4 is 17.9 Å². The van der Waals surface area contributed by atoms with E-state index >= 15 is 0 Å². The Morgan fingerprint density at radius 3 is 2.35 bits per heavy atom. The maximum absolute atomic E-state index is 11.0. The van der Waals surface area contributed by atoms with Gasteiger partial charge in [-0.2, -0.15) is 0 Å². The van der Waals surface area contributed by atoms with Crippen LogP contribution in [0.15, 0.2) is 83.8 Å². The molecule has 198 valence electrons. The van der Waals surface area contributed by atoms with Gasteiger partial charge < -0.3 is 15.5 Å². The SMILES string of the molecule is CN(CC(O)CNC(C)(C)CCCc1ccccc1)Sc1ccc(-c2ccccc2CCC(=O)O)cc1. The number of β-amino-alcohol motifs (C(OH)–C–C–N with tert-alkyl or cyclic N) is 1. The number of aliphatic hydroxyl groups is 1. The lowest BCUT2D eigenvalue weighted by atomic mass is 9.95. The van der Waals surface area contributed by atoms with Crippen LogP contribution in [0, 0.1) is 0 Å². The first-order chi connectivity index (χ1) is 17.7. The molecule has 0 saturated heterocycles. The zero-order valence-electron chi connectivity index (χ0n) is 22.2. The summed E-state index contributed by atoms with van der Waals surface area (Å²) >= 11 is 1.61. The molecule has 0 aliphatic rings. The molecule has 0 spiro atoms. The largest absolute Gasteiger partial charge is 0.481 e. The second-order valence-corrected chi connectivity index (χ2v) is 11.5.